The van der Waals surface area contributed by atoms with E-state index in [4.69, 9.17) is 10.5 Å². The molecule has 4 aromatic carbocycles. The molecule has 0 heterocycles. The van der Waals surface area contributed by atoms with Gasteiger partial charge < -0.3 is 25.8 Å². The second kappa shape index (κ2) is 19.5. The zero-order valence-corrected chi connectivity index (χ0v) is 28.0. The Balaban J connectivity index is 0.000000344. The summed E-state index contributed by atoms with van der Waals surface area (Å²) in [5, 5.41) is 8.34. The minimum atomic E-state index is -1.04. The molecule has 0 fully saturated rings. The number of rotatable bonds is 8. The molecule has 0 saturated heterocycles. The van der Waals surface area contributed by atoms with Crippen LogP contribution in [0.3, 0.4) is 0 Å². The van der Waals surface area contributed by atoms with Gasteiger partial charge in [-0.2, -0.15) is 0 Å². The monoisotopic (exact) mass is 643 g/mol. The minimum Gasteiger partial charge on any atom is -0.465 e. The van der Waals surface area contributed by atoms with Crippen molar-refractivity contribution in [2.24, 2.45) is 5.73 Å². The number of nitrogens with two attached hydrogens (primary N) is 1. The highest BCUT2D eigenvalue weighted by molar-refractivity contribution is 7.80. The maximum absolute atomic E-state index is 12.5. The topological polar surface area (TPSA) is 137 Å². The Morgan fingerprint density at radius 3 is 1.59 bits per heavy atom. The molecule has 242 valence electrons. The molecule has 0 bridgehead atoms. The quantitative estimate of drug-likeness (QED) is 0.194. The van der Waals surface area contributed by atoms with E-state index in [0.717, 1.165) is 28.0 Å². The van der Waals surface area contributed by atoms with Gasteiger partial charge in [0.05, 0.1) is 25.3 Å². The van der Waals surface area contributed by atoms with Crippen LogP contribution in [-0.4, -0.2) is 58.1 Å². The lowest BCUT2D eigenvalue weighted by Gasteiger charge is -2.22. The molecule has 9 nitrogen and oxygen atoms in total. The van der Waals surface area contributed by atoms with Gasteiger partial charge in [0, 0.05) is 30.0 Å². The molecule has 0 unspecified atom stereocenters. The normalized spacial score (nSPS) is 9.91. The number of methoxy groups -OCH3 is 2. The van der Waals surface area contributed by atoms with Crippen LogP contribution < -0.4 is 32.3 Å². The van der Waals surface area contributed by atoms with Crippen LogP contribution in [0.1, 0.15) is 60.8 Å². The van der Waals surface area contributed by atoms with E-state index >= 15 is 0 Å². The van der Waals surface area contributed by atoms with E-state index in [2.05, 4.69) is 39.6 Å². The second-order valence-corrected chi connectivity index (χ2v) is 11.8. The predicted octanol–water partition coefficient (Wildman–Crippen LogP) is 4.09. The Bertz CT molecular complexity index is 1560. The molecule has 0 radical (unpaired) electrons. The van der Waals surface area contributed by atoms with E-state index in [1.165, 1.54) is 14.2 Å². The van der Waals surface area contributed by atoms with Crippen LogP contribution in [0.2, 0.25) is 0 Å². The Morgan fingerprint density at radius 2 is 1.15 bits per heavy atom. The molecule has 0 atom stereocenters. The molecule has 2 amide bonds. The molecular formula is C36H42N3O6P. The van der Waals surface area contributed by atoms with Gasteiger partial charge >= 0.3 is 11.9 Å². The van der Waals surface area contributed by atoms with Gasteiger partial charge in [0.15, 0.2) is 0 Å². The van der Waals surface area contributed by atoms with Crippen molar-refractivity contribution in [2.75, 3.05) is 34.4 Å². The molecule has 0 saturated carbocycles. The van der Waals surface area contributed by atoms with E-state index in [0.29, 0.717) is 28.8 Å². The van der Waals surface area contributed by atoms with Crippen LogP contribution in [0.4, 0.5) is 0 Å². The largest absolute Gasteiger partial charge is 0.465 e. The number of ether oxygens (including phenoxy) is 2. The van der Waals surface area contributed by atoms with Gasteiger partial charge in [-0.3, -0.25) is 9.59 Å². The minimum absolute atomic E-state index is 0.156. The average molecular weight is 644 g/mol. The van der Waals surface area contributed by atoms with Crippen molar-refractivity contribution in [3.05, 3.63) is 125 Å². The third-order valence-electron chi connectivity index (χ3n) is 6.39. The van der Waals surface area contributed by atoms with Crippen LogP contribution >= 0.6 is 7.92 Å². The van der Waals surface area contributed by atoms with Crippen LogP contribution in [0.25, 0.3) is 0 Å². The molecule has 0 aliphatic carbocycles. The number of amides is 2. The maximum atomic E-state index is 12.5. The zero-order valence-electron chi connectivity index (χ0n) is 27.1. The number of hydrogen-bond donors (Lipinski definition) is 3. The fourth-order valence-electron chi connectivity index (χ4n) is 4.27. The van der Waals surface area contributed by atoms with E-state index in [9.17, 15) is 19.2 Å². The molecule has 4 rings (SSSR count). The standard InChI is InChI=1S/C23H22NO3P.C11H13NO3.C2H7N/c1-3-24-22(25)17-14-15-20(23(26)27-2)21(16-17)28(18-10-6-4-7-11-18)19-12-8-5-9-13-19;1-7-6-8(10(13)12-2)4-5-9(7)11(14)15-3;1-2-3/h4-16H,3H2,1-2H3,(H,24,25);4-6H,1-3H3,(H,12,13);2-3H2,1H3. The first-order chi connectivity index (χ1) is 22.2. The van der Waals surface area contributed by atoms with Crippen LogP contribution in [-0.2, 0) is 9.47 Å². The van der Waals surface area contributed by atoms with E-state index in [-0.39, 0.29) is 11.8 Å². The molecule has 0 aliphatic heterocycles. The summed E-state index contributed by atoms with van der Waals surface area (Å²) in [6.45, 7) is 6.83. The van der Waals surface area contributed by atoms with Crippen molar-refractivity contribution in [1.29, 1.82) is 0 Å². The Hall–Kier alpha value is -4.85. The number of benzene rings is 4. The van der Waals surface area contributed by atoms with E-state index < -0.39 is 19.9 Å². The SMILES string of the molecule is CCN.CCNC(=O)c1ccc(C(=O)OC)c(P(c2ccccc2)c2ccccc2)c1.CNC(=O)c1ccc(C(=O)OC)c(C)c1. The summed E-state index contributed by atoms with van der Waals surface area (Å²) < 4.78 is 9.62. The maximum Gasteiger partial charge on any atom is 0.338 e. The van der Waals surface area contributed by atoms with Gasteiger partial charge in [-0.05, 0) is 80.9 Å². The third-order valence-corrected chi connectivity index (χ3v) is 8.87. The molecule has 4 aromatic rings. The molecule has 0 aromatic heterocycles. The van der Waals surface area contributed by atoms with Crippen molar-refractivity contribution in [1.82, 2.24) is 10.6 Å². The summed E-state index contributed by atoms with van der Waals surface area (Å²) in [6, 6.07) is 30.1. The van der Waals surface area contributed by atoms with Gasteiger partial charge in [0.2, 0.25) is 0 Å². The van der Waals surface area contributed by atoms with Crippen molar-refractivity contribution in [3.63, 3.8) is 0 Å². The van der Waals surface area contributed by atoms with Crippen molar-refractivity contribution in [3.8, 4) is 0 Å². The molecule has 46 heavy (non-hydrogen) atoms. The van der Waals surface area contributed by atoms with Gasteiger partial charge in [-0.25, -0.2) is 9.59 Å². The van der Waals surface area contributed by atoms with Gasteiger partial charge in [0.25, 0.3) is 11.8 Å². The number of nitrogens with one attached hydrogen (secondary N) is 2. The molecular weight excluding hydrogens is 601 g/mol. The molecule has 0 aliphatic rings. The zero-order chi connectivity index (χ0) is 34.1. The fraction of sp³-hybridized carbons (Fsp3) is 0.222. The Labute approximate surface area is 272 Å². The second-order valence-electron chi connectivity index (χ2n) is 9.60. The fourth-order valence-corrected chi connectivity index (χ4v) is 6.74. The third kappa shape index (κ3) is 10.4. The Morgan fingerprint density at radius 1 is 0.696 bits per heavy atom. The smallest absolute Gasteiger partial charge is 0.338 e. The lowest BCUT2D eigenvalue weighted by Crippen LogP contribution is -2.28. The van der Waals surface area contributed by atoms with Crippen LogP contribution in [0.5, 0.6) is 0 Å². The van der Waals surface area contributed by atoms with Gasteiger partial charge in [-0.1, -0.05) is 67.6 Å². The lowest BCUT2D eigenvalue weighted by molar-refractivity contribution is 0.0592. The number of carbonyl (C=O) groups excluding carboxylic acids is 4. The first-order valence-electron chi connectivity index (χ1n) is 14.7. The summed E-state index contributed by atoms with van der Waals surface area (Å²) in [6.07, 6.45) is 0. The van der Waals surface area contributed by atoms with Crippen molar-refractivity contribution >= 4 is 47.6 Å². The summed E-state index contributed by atoms with van der Waals surface area (Å²) >= 11 is 0. The predicted molar refractivity (Wildman–Crippen MR) is 185 cm³/mol. The highest BCUT2D eigenvalue weighted by atomic mass is 31.1. The molecule has 10 heteroatoms. The van der Waals surface area contributed by atoms with Crippen molar-refractivity contribution in [2.45, 2.75) is 20.8 Å². The highest BCUT2D eigenvalue weighted by Gasteiger charge is 2.24. The summed E-state index contributed by atoms with van der Waals surface area (Å²) in [7, 11) is 3.23. The average Bonchev–Trinajstić information content (AvgIpc) is 3.09. The first kappa shape index (κ1) is 37.3. The summed E-state index contributed by atoms with van der Waals surface area (Å²) in [5.74, 6) is -1.13. The number of hydrogen-bond acceptors (Lipinski definition) is 7. The van der Waals surface area contributed by atoms with Crippen LogP contribution in [0.15, 0.2) is 97.1 Å². The number of esters is 2. The number of carbonyl (C=O) groups is 4. The summed E-state index contributed by atoms with van der Waals surface area (Å²) in [4.78, 5) is 47.5. The summed E-state index contributed by atoms with van der Waals surface area (Å²) in [5.41, 5.74) is 7.59. The lowest BCUT2D eigenvalue weighted by atomic mass is 10.0. The molecule has 0 spiro atoms. The van der Waals surface area contributed by atoms with E-state index in [1.807, 2.05) is 56.3 Å². The molecule has 4 N–H and O–H groups in total. The van der Waals surface area contributed by atoms with Gasteiger partial charge in [0.1, 0.15) is 0 Å². The van der Waals surface area contributed by atoms with Crippen molar-refractivity contribution < 1.29 is 28.7 Å². The number of aryl methyl sites for hydroxylation is 1. The first-order valence-corrected chi connectivity index (χ1v) is 16.0. The highest BCUT2D eigenvalue weighted by Crippen LogP contribution is 2.34. The Kier molecular flexibility index (Phi) is 15.8. The van der Waals surface area contributed by atoms with Gasteiger partial charge in [-0.15, -0.1) is 0 Å². The van der Waals surface area contributed by atoms with Crippen LogP contribution in [0, 0.1) is 6.92 Å². The van der Waals surface area contributed by atoms with E-state index in [1.54, 1.807) is 44.3 Å².